The first-order valence-electron chi connectivity index (χ1n) is 8.56. The number of hydrogen-bond acceptors (Lipinski definition) is 4. The van der Waals surface area contributed by atoms with Gasteiger partial charge in [0.15, 0.2) is 0 Å². The van der Waals surface area contributed by atoms with Crippen LogP contribution in [-0.4, -0.2) is 56.3 Å². The SMILES string of the molecule is NCC1CCN(C(=O)C2CCCN(S(=O)(=O)c3ccccc3)C2)C1. The van der Waals surface area contributed by atoms with Crippen LogP contribution in [0, 0.1) is 11.8 Å². The van der Waals surface area contributed by atoms with E-state index in [1.54, 1.807) is 30.3 Å². The molecule has 24 heavy (non-hydrogen) atoms. The fourth-order valence-corrected chi connectivity index (χ4v) is 5.13. The summed E-state index contributed by atoms with van der Waals surface area (Å²) < 4.78 is 27.0. The number of rotatable bonds is 4. The average molecular weight is 351 g/mol. The van der Waals surface area contributed by atoms with Crippen molar-refractivity contribution in [2.45, 2.75) is 24.2 Å². The highest BCUT2D eigenvalue weighted by molar-refractivity contribution is 7.89. The summed E-state index contributed by atoms with van der Waals surface area (Å²) >= 11 is 0. The zero-order valence-electron chi connectivity index (χ0n) is 13.8. The highest BCUT2D eigenvalue weighted by Crippen LogP contribution is 2.26. The van der Waals surface area contributed by atoms with Crippen LogP contribution < -0.4 is 5.73 Å². The number of carbonyl (C=O) groups is 1. The zero-order valence-corrected chi connectivity index (χ0v) is 14.6. The summed E-state index contributed by atoms with van der Waals surface area (Å²) in [6.07, 6.45) is 2.42. The minimum absolute atomic E-state index is 0.0823. The topological polar surface area (TPSA) is 83.7 Å². The molecule has 2 saturated heterocycles. The maximum Gasteiger partial charge on any atom is 0.243 e. The quantitative estimate of drug-likeness (QED) is 0.873. The van der Waals surface area contributed by atoms with Crippen molar-refractivity contribution in [3.05, 3.63) is 30.3 Å². The summed E-state index contributed by atoms with van der Waals surface area (Å²) in [5, 5.41) is 0. The van der Waals surface area contributed by atoms with Gasteiger partial charge in [-0.1, -0.05) is 18.2 Å². The van der Waals surface area contributed by atoms with E-state index in [2.05, 4.69) is 0 Å². The molecule has 7 heteroatoms. The highest BCUT2D eigenvalue weighted by Gasteiger charge is 2.36. The van der Waals surface area contributed by atoms with Gasteiger partial charge in [0.25, 0.3) is 0 Å². The molecule has 2 aliphatic heterocycles. The fraction of sp³-hybridized carbons (Fsp3) is 0.588. The Hall–Kier alpha value is -1.44. The van der Waals surface area contributed by atoms with Crippen LogP contribution in [0.25, 0.3) is 0 Å². The van der Waals surface area contributed by atoms with Gasteiger partial charge in [-0.2, -0.15) is 4.31 Å². The van der Waals surface area contributed by atoms with Crippen molar-refractivity contribution in [2.24, 2.45) is 17.6 Å². The van der Waals surface area contributed by atoms with Crippen molar-refractivity contribution in [1.82, 2.24) is 9.21 Å². The number of nitrogens with zero attached hydrogens (tertiary/aromatic N) is 2. The Balaban J connectivity index is 1.69. The van der Waals surface area contributed by atoms with E-state index >= 15 is 0 Å². The lowest BCUT2D eigenvalue weighted by Crippen LogP contribution is -2.46. The van der Waals surface area contributed by atoms with Crippen molar-refractivity contribution in [2.75, 3.05) is 32.7 Å². The van der Waals surface area contributed by atoms with E-state index in [0.29, 0.717) is 30.4 Å². The number of nitrogens with two attached hydrogens (primary N) is 1. The molecule has 2 aliphatic rings. The highest BCUT2D eigenvalue weighted by atomic mass is 32.2. The molecule has 0 aliphatic carbocycles. The molecule has 1 amide bonds. The van der Waals surface area contributed by atoms with Crippen molar-refractivity contribution in [3.63, 3.8) is 0 Å². The number of carbonyl (C=O) groups excluding carboxylic acids is 1. The molecule has 2 fully saturated rings. The Morgan fingerprint density at radius 2 is 1.88 bits per heavy atom. The molecule has 0 radical (unpaired) electrons. The van der Waals surface area contributed by atoms with E-state index in [4.69, 9.17) is 5.73 Å². The molecule has 1 aromatic carbocycles. The molecule has 6 nitrogen and oxygen atoms in total. The molecule has 3 rings (SSSR count). The Labute approximate surface area is 143 Å². The molecule has 0 saturated carbocycles. The molecule has 0 aromatic heterocycles. The van der Waals surface area contributed by atoms with Gasteiger partial charge in [-0.15, -0.1) is 0 Å². The van der Waals surface area contributed by atoms with E-state index in [0.717, 1.165) is 25.8 Å². The predicted molar refractivity (Wildman–Crippen MR) is 91.7 cm³/mol. The van der Waals surface area contributed by atoms with Gasteiger partial charge in [0, 0.05) is 26.2 Å². The van der Waals surface area contributed by atoms with Crippen LogP contribution in [0.1, 0.15) is 19.3 Å². The first-order valence-corrected chi connectivity index (χ1v) is 10.0. The minimum atomic E-state index is -3.52. The van der Waals surface area contributed by atoms with Crippen molar-refractivity contribution >= 4 is 15.9 Å². The van der Waals surface area contributed by atoms with Crippen molar-refractivity contribution in [1.29, 1.82) is 0 Å². The molecule has 0 spiro atoms. The minimum Gasteiger partial charge on any atom is -0.342 e. The number of amides is 1. The van der Waals surface area contributed by atoms with Gasteiger partial charge in [0.05, 0.1) is 10.8 Å². The number of likely N-dealkylation sites (tertiary alicyclic amines) is 1. The fourth-order valence-electron chi connectivity index (χ4n) is 3.59. The monoisotopic (exact) mass is 351 g/mol. The summed E-state index contributed by atoms with van der Waals surface area (Å²) in [4.78, 5) is 14.9. The second-order valence-corrected chi connectivity index (χ2v) is 8.63. The first kappa shape index (κ1) is 17.4. The molecule has 2 atom stereocenters. The van der Waals surface area contributed by atoms with Gasteiger partial charge in [-0.05, 0) is 43.9 Å². The van der Waals surface area contributed by atoms with Crippen LogP contribution >= 0.6 is 0 Å². The van der Waals surface area contributed by atoms with Crippen LogP contribution in [-0.2, 0) is 14.8 Å². The molecule has 132 valence electrons. The van der Waals surface area contributed by atoms with E-state index in [9.17, 15) is 13.2 Å². The second-order valence-electron chi connectivity index (χ2n) is 6.69. The van der Waals surface area contributed by atoms with Gasteiger partial charge in [-0.25, -0.2) is 8.42 Å². The third-order valence-corrected chi connectivity index (χ3v) is 6.92. The number of sulfonamides is 1. The van der Waals surface area contributed by atoms with Gasteiger partial charge in [0.1, 0.15) is 0 Å². The summed E-state index contributed by atoms with van der Waals surface area (Å²) in [6.45, 7) is 2.80. The molecule has 0 bridgehead atoms. The smallest absolute Gasteiger partial charge is 0.243 e. The lowest BCUT2D eigenvalue weighted by Gasteiger charge is -2.33. The van der Waals surface area contributed by atoms with Crippen molar-refractivity contribution in [3.8, 4) is 0 Å². The third-order valence-electron chi connectivity index (χ3n) is 5.05. The van der Waals surface area contributed by atoms with Crippen LogP contribution in [0.3, 0.4) is 0 Å². The number of benzene rings is 1. The van der Waals surface area contributed by atoms with Crippen LogP contribution in [0.5, 0.6) is 0 Å². The molecular formula is C17H25N3O3S. The summed E-state index contributed by atoms with van der Waals surface area (Å²) in [7, 11) is -3.52. The lowest BCUT2D eigenvalue weighted by molar-refractivity contribution is -0.135. The van der Waals surface area contributed by atoms with Gasteiger partial charge >= 0.3 is 0 Å². The Morgan fingerprint density at radius 1 is 1.12 bits per heavy atom. The van der Waals surface area contributed by atoms with E-state index in [1.165, 1.54) is 4.31 Å². The maximum atomic E-state index is 12.8. The summed E-state index contributed by atoms with van der Waals surface area (Å²) in [6, 6.07) is 8.44. The molecule has 2 heterocycles. The zero-order chi connectivity index (χ0) is 17.2. The first-order chi connectivity index (χ1) is 11.5. The molecule has 2 unspecified atom stereocenters. The molecule has 1 aromatic rings. The van der Waals surface area contributed by atoms with Gasteiger partial charge < -0.3 is 10.6 Å². The largest absolute Gasteiger partial charge is 0.342 e. The standard InChI is InChI=1S/C17H25N3O3S/c18-11-14-8-10-19(12-14)17(21)15-5-4-9-20(13-15)24(22,23)16-6-2-1-3-7-16/h1-3,6-7,14-15H,4-5,8-13,18H2. The Kier molecular flexibility index (Phi) is 5.22. The Bertz CT molecular complexity index is 678. The maximum absolute atomic E-state index is 12.8. The summed E-state index contributed by atoms with van der Waals surface area (Å²) in [5.74, 6) is 0.217. The lowest BCUT2D eigenvalue weighted by atomic mass is 9.98. The van der Waals surface area contributed by atoms with Crippen LogP contribution in [0.2, 0.25) is 0 Å². The summed E-state index contributed by atoms with van der Waals surface area (Å²) in [5.41, 5.74) is 5.69. The van der Waals surface area contributed by atoms with Crippen LogP contribution in [0.4, 0.5) is 0 Å². The predicted octanol–water partition coefficient (Wildman–Crippen LogP) is 0.895. The molecular weight excluding hydrogens is 326 g/mol. The van der Waals surface area contributed by atoms with Crippen LogP contribution in [0.15, 0.2) is 35.2 Å². The third kappa shape index (κ3) is 3.48. The molecule has 2 N–H and O–H groups in total. The van der Waals surface area contributed by atoms with Crippen molar-refractivity contribution < 1.29 is 13.2 Å². The van der Waals surface area contributed by atoms with Gasteiger partial charge in [-0.3, -0.25) is 4.79 Å². The van der Waals surface area contributed by atoms with E-state index in [-0.39, 0.29) is 18.4 Å². The second kappa shape index (κ2) is 7.21. The van der Waals surface area contributed by atoms with Gasteiger partial charge in [0.2, 0.25) is 15.9 Å². The normalized spacial score (nSPS) is 25.8. The van der Waals surface area contributed by atoms with E-state index in [1.807, 2.05) is 4.90 Å². The van der Waals surface area contributed by atoms with E-state index < -0.39 is 10.0 Å². The number of hydrogen-bond donors (Lipinski definition) is 1. The Morgan fingerprint density at radius 3 is 2.54 bits per heavy atom. The number of piperidine rings is 1. The average Bonchev–Trinajstić information content (AvgIpc) is 3.11.